The third-order valence-electron chi connectivity index (χ3n) is 4.10. The van der Waals surface area contributed by atoms with Crippen molar-refractivity contribution in [3.05, 3.63) is 30.2 Å². The Morgan fingerprint density at radius 3 is 2.96 bits per heavy atom. The number of ether oxygens (including phenoxy) is 1. The van der Waals surface area contributed by atoms with Crippen LogP contribution >= 0.6 is 24.0 Å². The Hall–Kier alpha value is -1.75. The molecule has 0 amide bonds. The van der Waals surface area contributed by atoms with E-state index in [0.717, 1.165) is 44.6 Å². The first-order valence-corrected chi connectivity index (χ1v) is 9.69. The second-order valence-corrected chi connectivity index (χ2v) is 6.54. The number of nitrogens with zero attached hydrogens (tertiary/aromatic N) is 4. The van der Waals surface area contributed by atoms with Crippen LogP contribution in [0.4, 0.5) is 0 Å². The topological polar surface area (TPSA) is 97.5 Å². The molecule has 154 valence electrons. The van der Waals surface area contributed by atoms with Gasteiger partial charge in [-0.2, -0.15) is 4.98 Å². The predicted octanol–water partition coefficient (Wildman–Crippen LogP) is 2.66. The van der Waals surface area contributed by atoms with Crippen molar-refractivity contribution < 1.29 is 9.26 Å². The van der Waals surface area contributed by atoms with Gasteiger partial charge in [-0.15, -0.1) is 24.0 Å². The summed E-state index contributed by atoms with van der Waals surface area (Å²) in [6.07, 6.45) is 5.94. The molecule has 0 aromatic carbocycles. The molecule has 9 heteroatoms. The van der Waals surface area contributed by atoms with E-state index in [-0.39, 0.29) is 24.0 Å². The molecule has 1 saturated carbocycles. The van der Waals surface area contributed by atoms with E-state index in [2.05, 4.69) is 30.8 Å². The number of halogens is 1. The molecule has 1 aliphatic carbocycles. The van der Waals surface area contributed by atoms with E-state index in [1.165, 1.54) is 12.8 Å². The number of hydrogen-bond acceptors (Lipinski definition) is 6. The second kappa shape index (κ2) is 12.7. The molecule has 0 bridgehead atoms. The smallest absolute Gasteiger partial charge is 0.276 e. The van der Waals surface area contributed by atoms with Crippen LogP contribution in [-0.4, -0.2) is 53.9 Å². The van der Waals surface area contributed by atoms with Crippen molar-refractivity contribution in [3.8, 4) is 11.6 Å². The van der Waals surface area contributed by atoms with Gasteiger partial charge in [0.15, 0.2) is 11.8 Å². The van der Waals surface area contributed by atoms with Gasteiger partial charge in [-0.05, 0) is 44.2 Å². The summed E-state index contributed by atoms with van der Waals surface area (Å²) < 4.78 is 10.9. The third kappa shape index (κ3) is 8.09. The molecule has 1 aliphatic rings. The molecule has 1 fully saturated rings. The van der Waals surface area contributed by atoms with E-state index in [4.69, 9.17) is 9.26 Å². The van der Waals surface area contributed by atoms with Crippen LogP contribution in [-0.2, 0) is 11.2 Å². The highest BCUT2D eigenvalue weighted by Crippen LogP contribution is 2.28. The summed E-state index contributed by atoms with van der Waals surface area (Å²) in [7, 11) is 0. The van der Waals surface area contributed by atoms with Crippen LogP contribution in [0, 0.1) is 5.92 Å². The highest BCUT2D eigenvalue weighted by molar-refractivity contribution is 14.0. The van der Waals surface area contributed by atoms with Crippen molar-refractivity contribution in [1.82, 2.24) is 25.8 Å². The molecule has 0 atom stereocenters. The fourth-order valence-electron chi connectivity index (χ4n) is 2.48. The van der Waals surface area contributed by atoms with Crippen LogP contribution in [0.5, 0.6) is 0 Å². The maximum Gasteiger partial charge on any atom is 0.276 e. The molecule has 28 heavy (non-hydrogen) atoms. The molecule has 0 aliphatic heterocycles. The van der Waals surface area contributed by atoms with Gasteiger partial charge in [0, 0.05) is 45.5 Å². The van der Waals surface area contributed by atoms with Crippen molar-refractivity contribution in [2.75, 3.05) is 32.8 Å². The lowest BCUT2D eigenvalue weighted by Gasteiger charge is -2.10. The minimum Gasteiger partial charge on any atom is -0.381 e. The molecule has 3 rings (SSSR count). The van der Waals surface area contributed by atoms with Crippen LogP contribution in [0.1, 0.15) is 32.0 Å². The quantitative estimate of drug-likeness (QED) is 0.212. The molecule has 0 unspecified atom stereocenters. The van der Waals surface area contributed by atoms with E-state index in [9.17, 15) is 0 Å². The Balaban J connectivity index is 0.00000280. The lowest BCUT2D eigenvalue weighted by Crippen LogP contribution is -2.38. The molecule has 0 saturated heterocycles. The van der Waals surface area contributed by atoms with Gasteiger partial charge in [0.1, 0.15) is 5.69 Å². The Morgan fingerprint density at radius 2 is 2.21 bits per heavy atom. The largest absolute Gasteiger partial charge is 0.381 e. The van der Waals surface area contributed by atoms with Gasteiger partial charge in [-0.1, -0.05) is 11.2 Å². The molecule has 8 nitrogen and oxygen atoms in total. The lowest BCUT2D eigenvalue weighted by molar-refractivity contribution is 0.123. The molecule has 2 aromatic heterocycles. The third-order valence-corrected chi connectivity index (χ3v) is 4.10. The van der Waals surface area contributed by atoms with Crippen molar-refractivity contribution in [2.45, 2.75) is 32.6 Å². The zero-order valence-electron chi connectivity index (χ0n) is 16.3. The SMILES string of the molecule is CCNC(=NCCCOCC1CC1)NCCc1noc(-c2ccccn2)n1.I. The minimum atomic E-state index is 0. The number of rotatable bonds is 11. The number of pyridine rings is 1. The summed E-state index contributed by atoms with van der Waals surface area (Å²) in [6.45, 7) is 5.97. The van der Waals surface area contributed by atoms with E-state index in [1.54, 1.807) is 6.20 Å². The monoisotopic (exact) mass is 500 g/mol. The highest BCUT2D eigenvalue weighted by atomic mass is 127. The summed E-state index contributed by atoms with van der Waals surface area (Å²) >= 11 is 0. The molecule has 2 aromatic rings. The molecular weight excluding hydrogens is 471 g/mol. The normalized spacial score (nSPS) is 13.8. The van der Waals surface area contributed by atoms with Gasteiger partial charge in [-0.25, -0.2) is 0 Å². The van der Waals surface area contributed by atoms with Gasteiger partial charge >= 0.3 is 0 Å². The summed E-state index contributed by atoms with van der Waals surface area (Å²) in [5.74, 6) is 2.70. The van der Waals surface area contributed by atoms with Gasteiger partial charge in [0.2, 0.25) is 0 Å². The first-order valence-electron chi connectivity index (χ1n) is 9.69. The zero-order chi connectivity index (χ0) is 18.7. The maximum absolute atomic E-state index is 5.63. The van der Waals surface area contributed by atoms with Crippen molar-refractivity contribution in [3.63, 3.8) is 0 Å². The predicted molar refractivity (Wildman–Crippen MR) is 119 cm³/mol. The van der Waals surface area contributed by atoms with Gasteiger partial charge in [-0.3, -0.25) is 9.98 Å². The summed E-state index contributed by atoms with van der Waals surface area (Å²) in [5.41, 5.74) is 0.683. The molecule has 0 spiro atoms. The molecule has 0 radical (unpaired) electrons. The average Bonchev–Trinajstić information content (AvgIpc) is 3.40. The lowest BCUT2D eigenvalue weighted by atomic mass is 10.3. The van der Waals surface area contributed by atoms with E-state index < -0.39 is 0 Å². The average molecular weight is 500 g/mol. The van der Waals surface area contributed by atoms with Crippen LogP contribution < -0.4 is 10.6 Å². The van der Waals surface area contributed by atoms with E-state index in [1.807, 2.05) is 25.1 Å². The zero-order valence-corrected chi connectivity index (χ0v) is 18.6. The van der Waals surface area contributed by atoms with E-state index in [0.29, 0.717) is 30.4 Å². The Bertz CT molecular complexity index is 705. The first kappa shape index (κ1) is 22.5. The Kier molecular flexibility index (Phi) is 10.2. The number of aromatic nitrogens is 3. The van der Waals surface area contributed by atoms with E-state index >= 15 is 0 Å². The van der Waals surface area contributed by atoms with Crippen LogP contribution in [0.3, 0.4) is 0 Å². The Labute approximate surface area is 183 Å². The minimum absolute atomic E-state index is 0. The maximum atomic E-state index is 5.63. The fourth-order valence-corrected chi connectivity index (χ4v) is 2.48. The van der Waals surface area contributed by atoms with Crippen LogP contribution in [0.15, 0.2) is 33.9 Å². The molecule has 2 heterocycles. The van der Waals surface area contributed by atoms with Gasteiger partial charge < -0.3 is 19.9 Å². The summed E-state index contributed by atoms with van der Waals surface area (Å²) in [4.78, 5) is 13.2. The second-order valence-electron chi connectivity index (χ2n) is 6.54. The van der Waals surface area contributed by atoms with Gasteiger partial charge in [0.25, 0.3) is 5.89 Å². The van der Waals surface area contributed by atoms with Crippen molar-refractivity contribution in [2.24, 2.45) is 10.9 Å². The number of hydrogen-bond donors (Lipinski definition) is 2. The first-order chi connectivity index (χ1) is 13.3. The van der Waals surface area contributed by atoms with Crippen molar-refractivity contribution in [1.29, 1.82) is 0 Å². The molecule has 2 N–H and O–H groups in total. The Morgan fingerprint density at radius 1 is 1.32 bits per heavy atom. The summed E-state index contributed by atoms with van der Waals surface area (Å²) in [5, 5.41) is 10.5. The fraction of sp³-hybridized carbons (Fsp3) is 0.579. The molecular formula is C19H29IN6O2. The highest BCUT2D eigenvalue weighted by Gasteiger charge is 2.20. The van der Waals surface area contributed by atoms with Gasteiger partial charge in [0.05, 0.1) is 0 Å². The number of guanidine groups is 1. The van der Waals surface area contributed by atoms with Crippen LogP contribution in [0.2, 0.25) is 0 Å². The van der Waals surface area contributed by atoms with Crippen molar-refractivity contribution >= 4 is 29.9 Å². The summed E-state index contributed by atoms with van der Waals surface area (Å²) in [6, 6.07) is 5.59. The van der Waals surface area contributed by atoms with Crippen LogP contribution in [0.25, 0.3) is 11.6 Å². The number of aliphatic imine (C=N–C) groups is 1. The standard InChI is InChI=1S/C19H28N6O2.HI/c1-2-20-19(22-11-5-13-26-14-15-7-8-15)23-12-9-17-24-18(27-25-17)16-6-3-4-10-21-16;/h3-4,6,10,15H,2,5,7-9,11-14H2,1H3,(H2,20,22,23);1H. The number of nitrogens with one attached hydrogen (secondary N) is 2.